The quantitative estimate of drug-likeness (QED) is 0.122. The first-order valence-corrected chi connectivity index (χ1v) is 11.0. The summed E-state index contributed by atoms with van der Waals surface area (Å²) < 4.78 is 15.5. The van der Waals surface area contributed by atoms with Gasteiger partial charge in [0.05, 0.1) is 19.5 Å². The highest BCUT2D eigenvalue weighted by atomic mass is 31.2. The smallest absolute Gasteiger partial charge is 0.394 e. The zero-order valence-electron chi connectivity index (χ0n) is 17.6. The number of anilines is 1. The first kappa shape index (κ1) is 30.6. The Morgan fingerprint density at radius 2 is 1.77 bits per heavy atom. The number of aromatic amines is 1. The summed E-state index contributed by atoms with van der Waals surface area (Å²) in [4.78, 5) is 53.1. The second-order valence-corrected chi connectivity index (χ2v) is 7.91. The molecule has 1 aliphatic rings. The number of H-pyrrole nitrogens is 1. The molecule has 0 amide bonds. The Labute approximate surface area is 194 Å². The van der Waals surface area contributed by atoms with Crippen LogP contribution in [0.1, 0.15) is 6.23 Å². The monoisotopic (exact) mass is 531 g/mol. The highest BCUT2D eigenvalue weighted by Crippen LogP contribution is 2.30. The van der Waals surface area contributed by atoms with E-state index in [1.165, 1.54) is 10.9 Å². The zero-order chi connectivity index (χ0) is 27.1. The molecule has 2 aromatic heterocycles. The molecule has 3 rings (SSSR count). The number of nitrogens with zero attached hydrogens (tertiary/aromatic N) is 3. The van der Waals surface area contributed by atoms with Crippen LogP contribution in [0.15, 0.2) is 11.1 Å². The van der Waals surface area contributed by atoms with Gasteiger partial charge in [-0.3, -0.25) is 14.3 Å². The lowest BCUT2D eigenvalue weighted by atomic mass is 10.1. The maximum absolute atomic E-state index is 11.7. The molecule has 0 aromatic carbocycles. The number of aliphatic hydroxyl groups is 7. The number of carbonyl (C=O) groups excluding carboxylic acids is 1. The van der Waals surface area contributed by atoms with Crippen LogP contribution in [0.4, 0.5) is 5.95 Å². The average molecular weight is 531 g/mol. The Bertz CT molecular complexity index is 1050. The molecule has 3 unspecified atom stereocenters. The highest BCUT2D eigenvalue weighted by molar-refractivity contribution is 7.45. The fourth-order valence-corrected chi connectivity index (χ4v) is 2.66. The van der Waals surface area contributed by atoms with Gasteiger partial charge in [0.1, 0.15) is 36.6 Å². The van der Waals surface area contributed by atoms with Gasteiger partial charge in [0.25, 0.3) is 5.56 Å². The summed E-state index contributed by atoms with van der Waals surface area (Å²) in [6, 6.07) is 0. The van der Waals surface area contributed by atoms with Crippen LogP contribution >= 0.6 is 7.82 Å². The second-order valence-electron chi connectivity index (χ2n) is 6.88. The van der Waals surface area contributed by atoms with Crippen molar-refractivity contribution in [1.82, 2.24) is 19.5 Å². The molecule has 1 saturated heterocycles. The van der Waals surface area contributed by atoms with E-state index in [0.717, 1.165) is 0 Å². The summed E-state index contributed by atoms with van der Waals surface area (Å²) in [6.45, 7) is -1.14. The van der Waals surface area contributed by atoms with Crippen molar-refractivity contribution in [3.05, 3.63) is 16.7 Å². The van der Waals surface area contributed by atoms with Crippen molar-refractivity contribution >= 4 is 31.2 Å². The lowest BCUT2D eigenvalue weighted by Crippen LogP contribution is -2.40. The summed E-state index contributed by atoms with van der Waals surface area (Å²) in [5.74, 6) is -0.101. The second kappa shape index (κ2) is 13.1. The number of imidazole rings is 1. The third kappa shape index (κ3) is 8.65. The molecule has 0 bridgehead atoms. The first-order chi connectivity index (χ1) is 16.2. The molecule has 19 nitrogen and oxygen atoms in total. The van der Waals surface area contributed by atoms with Gasteiger partial charge in [0.2, 0.25) is 5.95 Å². The van der Waals surface area contributed by atoms with Crippen LogP contribution in [0.5, 0.6) is 0 Å². The molecular formula is C15H26N5O14P. The third-order valence-corrected chi connectivity index (χ3v) is 4.31. The minimum atomic E-state index is -4.64. The number of aliphatic hydroxyl groups excluding tert-OH is 7. The predicted molar refractivity (Wildman–Crippen MR) is 111 cm³/mol. The maximum atomic E-state index is 11.7. The number of phosphoric acid groups is 1. The molecule has 35 heavy (non-hydrogen) atoms. The minimum Gasteiger partial charge on any atom is -0.394 e. The van der Waals surface area contributed by atoms with Gasteiger partial charge in [-0.2, -0.15) is 4.98 Å². The number of aldehydes is 1. The topological polar surface area (TPSA) is 335 Å². The van der Waals surface area contributed by atoms with E-state index in [2.05, 4.69) is 15.0 Å². The lowest BCUT2D eigenvalue weighted by Gasteiger charge is -2.16. The molecule has 2 aromatic rings. The fraction of sp³-hybridized carbons (Fsp3) is 0.600. The number of aromatic nitrogens is 4. The molecule has 200 valence electrons. The van der Waals surface area contributed by atoms with Gasteiger partial charge < -0.3 is 65.7 Å². The number of hydrogen-bond acceptors (Lipinski definition) is 14. The Kier molecular flexibility index (Phi) is 11.4. The summed E-state index contributed by atoms with van der Waals surface area (Å²) >= 11 is 0. The van der Waals surface area contributed by atoms with Gasteiger partial charge >= 0.3 is 7.82 Å². The summed E-state index contributed by atoms with van der Waals surface area (Å²) in [5, 5.41) is 62.8. The van der Waals surface area contributed by atoms with Crippen molar-refractivity contribution in [1.29, 1.82) is 0 Å². The lowest BCUT2D eigenvalue weighted by molar-refractivity contribution is -0.127. The molecule has 0 spiro atoms. The minimum absolute atomic E-state index is 0.0388. The van der Waals surface area contributed by atoms with Crippen LogP contribution < -0.4 is 11.3 Å². The van der Waals surface area contributed by atoms with E-state index in [0.29, 0.717) is 0 Å². The van der Waals surface area contributed by atoms with Crippen LogP contribution in [-0.4, -0.2) is 126 Å². The van der Waals surface area contributed by atoms with Crippen LogP contribution in [0.2, 0.25) is 0 Å². The number of nitrogens with two attached hydrogens (primary N) is 1. The number of rotatable bonds is 6. The average Bonchev–Trinajstić information content (AvgIpc) is 3.32. The van der Waals surface area contributed by atoms with Gasteiger partial charge in [-0.1, -0.05) is 0 Å². The molecule has 1 aliphatic heterocycles. The third-order valence-electron chi connectivity index (χ3n) is 4.31. The molecule has 0 radical (unpaired) electrons. The summed E-state index contributed by atoms with van der Waals surface area (Å²) in [7, 11) is -4.64. The maximum Gasteiger partial charge on any atom is 0.466 e. The molecule has 0 aliphatic carbocycles. The molecule has 3 heterocycles. The molecule has 0 saturated carbocycles. The Balaban J connectivity index is 0.000000343. The number of nitrogens with one attached hydrogen (secondary N) is 1. The van der Waals surface area contributed by atoms with E-state index in [9.17, 15) is 19.8 Å². The Morgan fingerprint density at radius 1 is 1.20 bits per heavy atom. The number of fused-ring (bicyclic) bond motifs is 1. The number of hydrogen-bond donors (Lipinski definition) is 12. The standard InChI is InChI=1S/C10H13N5O5.C5H10O5.H3O4P/c11-10-13-7-4(8(19)14-10)12-2-15(7)9-6(18)5(17)3(1-16)20-9;6-1-3(8)5(10)4(9)2-7;1-5(2,3)4/h2-3,5-6,9,16-18H,1H2,(H3,11,13,14,19);1,3-5,7-10H,2H2;(H3,1,2,3,4)/t3-,5-,6-,9-;;/m1../s1. The van der Waals surface area contributed by atoms with Crippen LogP contribution in [0, 0.1) is 0 Å². The van der Waals surface area contributed by atoms with Crippen LogP contribution in [-0.2, 0) is 14.1 Å². The van der Waals surface area contributed by atoms with E-state index < -0.39 is 69.4 Å². The van der Waals surface area contributed by atoms with E-state index in [4.69, 9.17) is 55.2 Å². The van der Waals surface area contributed by atoms with Crippen molar-refractivity contribution in [2.45, 2.75) is 42.9 Å². The SMILES string of the molecule is Nc1nc2c(ncn2[C@@H]2O[C@H](CO)[C@@H](O)[C@H]2O)c(=O)[nH]1.O=CC(O)C(O)C(O)CO.O=P(O)(O)O. The van der Waals surface area contributed by atoms with Crippen molar-refractivity contribution in [2.24, 2.45) is 0 Å². The Hall–Kier alpha value is -2.39. The molecule has 1 fully saturated rings. The number of ether oxygens (including phenoxy) is 1. The molecule has 13 N–H and O–H groups in total. The number of carbonyl (C=O) groups is 1. The first-order valence-electron chi connectivity index (χ1n) is 9.39. The Morgan fingerprint density at radius 3 is 2.23 bits per heavy atom. The van der Waals surface area contributed by atoms with E-state index in [1.807, 2.05) is 0 Å². The van der Waals surface area contributed by atoms with Crippen LogP contribution in [0.25, 0.3) is 11.2 Å². The summed E-state index contributed by atoms with van der Waals surface area (Å²) in [6.07, 6.45) is -7.85. The van der Waals surface area contributed by atoms with Gasteiger partial charge in [0.15, 0.2) is 23.7 Å². The van der Waals surface area contributed by atoms with Crippen molar-refractivity contribution in [2.75, 3.05) is 18.9 Å². The van der Waals surface area contributed by atoms with E-state index >= 15 is 0 Å². The van der Waals surface area contributed by atoms with Gasteiger partial charge in [0, 0.05) is 0 Å². The molecule has 20 heteroatoms. The largest absolute Gasteiger partial charge is 0.466 e. The zero-order valence-corrected chi connectivity index (χ0v) is 18.5. The van der Waals surface area contributed by atoms with Gasteiger partial charge in [-0.05, 0) is 0 Å². The normalized spacial score (nSPS) is 24.5. The van der Waals surface area contributed by atoms with Crippen LogP contribution in [0.3, 0.4) is 0 Å². The van der Waals surface area contributed by atoms with Gasteiger partial charge in [-0.25, -0.2) is 9.55 Å². The molecular weight excluding hydrogens is 505 g/mol. The fourth-order valence-electron chi connectivity index (χ4n) is 2.66. The van der Waals surface area contributed by atoms with E-state index in [1.54, 1.807) is 0 Å². The van der Waals surface area contributed by atoms with E-state index in [-0.39, 0.29) is 23.4 Å². The van der Waals surface area contributed by atoms with Crippen molar-refractivity contribution in [3.8, 4) is 0 Å². The molecule has 7 atom stereocenters. The van der Waals surface area contributed by atoms with Gasteiger partial charge in [-0.15, -0.1) is 0 Å². The van der Waals surface area contributed by atoms with Crippen molar-refractivity contribution in [3.63, 3.8) is 0 Å². The number of nitrogen functional groups attached to an aromatic ring is 1. The highest BCUT2D eigenvalue weighted by Gasteiger charge is 2.44. The van der Waals surface area contributed by atoms with Crippen molar-refractivity contribution < 1.29 is 64.5 Å². The summed E-state index contributed by atoms with van der Waals surface area (Å²) in [5.41, 5.74) is 5.12. The predicted octanol–water partition coefficient (Wildman–Crippen LogP) is -6.35.